The summed E-state index contributed by atoms with van der Waals surface area (Å²) >= 11 is 0. The van der Waals surface area contributed by atoms with Crippen LogP contribution in [0.15, 0.2) is 47.3 Å². The minimum absolute atomic E-state index is 0.341. The minimum Gasteiger partial charge on any atom is -0.495 e. The van der Waals surface area contributed by atoms with E-state index in [-0.39, 0.29) is 6.03 Å². The average Bonchev–Trinajstić information content (AvgIpc) is 3.02. The number of nitrogens with one attached hydrogen (secondary N) is 2. The smallest absolute Gasteiger partial charge is 0.319 e. The van der Waals surface area contributed by atoms with Gasteiger partial charge in [-0.2, -0.15) is 0 Å². The fourth-order valence-electron chi connectivity index (χ4n) is 1.87. The normalized spacial score (nSPS) is 11.7. The summed E-state index contributed by atoms with van der Waals surface area (Å²) in [5.41, 5.74) is 1.29. The molecule has 0 radical (unpaired) electrons. The molecule has 1 unspecified atom stereocenters. The van der Waals surface area contributed by atoms with Crippen molar-refractivity contribution in [2.45, 2.75) is 12.5 Å². The molecule has 1 aromatic heterocycles. The summed E-state index contributed by atoms with van der Waals surface area (Å²) in [7, 11) is 1.54. The predicted molar refractivity (Wildman–Crippen MR) is 78.3 cm³/mol. The Morgan fingerprint density at radius 3 is 2.90 bits per heavy atom. The predicted octanol–water partition coefficient (Wildman–Crippen LogP) is 2.53. The van der Waals surface area contributed by atoms with E-state index in [1.807, 2.05) is 6.07 Å². The van der Waals surface area contributed by atoms with Crippen LogP contribution in [0.1, 0.15) is 18.1 Å². The molecule has 2 rings (SSSR count). The Hall–Kier alpha value is -2.47. The largest absolute Gasteiger partial charge is 0.495 e. The molecule has 21 heavy (non-hydrogen) atoms. The third-order valence-corrected chi connectivity index (χ3v) is 2.99. The lowest BCUT2D eigenvalue weighted by Gasteiger charge is -2.12. The van der Waals surface area contributed by atoms with Gasteiger partial charge in [-0.25, -0.2) is 4.79 Å². The number of hydrogen-bond donors (Lipinski definition) is 3. The van der Waals surface area contributed by atoms with Gasteiger partial charge in [0, 0.05) is 12.1 Å². The zero-order valence-corrected chi connectivity index (χ0v) is 11.7. The molecule has 1 heterocycles. The summed E-state index contributed by atoms with van der Waals surface area (Å²) in [5, 5.41) is 15.2. The van der Waals surface area contributed by atoms with E-state index in [4.69, 9.17) is 9.15 Å². The second-order valence-electron chi connectivity index (χ2n) is 4.44. The first kappa shape index (κ1) is 14.9. The molecule has 0 saturated heterocycles. The number of carbonyl (C=O) groups is 1. The van der Waals surface area contributed by atoms with Gasteiger partial charge in [-0.1, -0.05) is 12.1 Å². The summed E-state index contributed by atoms with van der Waals surface area (Å²) < 4.78 is 10.0. The molecular weight excluding hydrogens is 272 g/mol. The molecule has 0 aliphatic heterocycles. The van der Waals surface area contributed by atoms with Crippen LogP contribution in [0.3, 0.4) is 0 Å². The number of aliphatic hydroxyl groups is 1. The second kappa shape index (κ2) is 7.35. The Labute approximate surface area is 122 Å². The molecule has 6 heteroatoms. The van der Waals surface area contributed by atoms with Gasteiger partial charge in [-0.15, -0.1) is 0 Å². The molecule has 112 valence electrons. The maximum Gasteiger partial charge on any atom is 0.319 e. The van der Waals surface area contributed by atoms with Crippen LogP contribution < -0.4 is 15.4 Å². The van der Waals surface area contributed by atoms with E-state index in [1.165, 1.54) is 12.5 Å². The first-order valence-electron chi connectivity index (χ1n) is 6.58. The van der Waals surface area contributed by atoms with Crippen LogP contribution >= 0.6 is 0 Å². The molecule has 2 amide bonds. The number of hydrogen-bond acceptors (Lipinski definition) is 4. The number of para-hydroxylation sites is 2. The van der Waals surface area contributed by atoms with Gasteiger partial charge in [-0.05, 0) is 24.6 Å². The van der Waals surface area contributed by atoms with Gasteiger partial charge in [0.25, 0.3) is 0 Å². The number of urea groups is 1. The van der Waals surface area contributed by atoms with Gasteiger partial charge in [0.05, 0.1) is 31.4 Å². The Kier molecular flexibility index (Phi) is 5.22. The molecule has 0 saturated carbocycles. The highest BCUT2D eigenvalue weighted by molar-refractivity contribution is 5.90. The van der Waals surface area contributed by atoms with Crippen molar-refractivity contribution in [3.8, 4) is 5.75 Å². The summed E-state index contributed by atoms with van der Waals surface area (Å²) in [6.45, 7) is 0.341. The fourth-order valence-corrected chi connectivity index (χ4v) is 1.87. The highest BCUT2D eigenvalue weighted by atomic mass is 16.5. The van der Waals surface area contributed by atoms with Gasteiger partial charge in [0.15, 0.2) is 0 Å². The molecule has 1 aromatic carbocycles. The Bertz CT molecular complexity index is 569. The second-order valence-corrected chi connectivity index (χ2v) is 4.44. The number of furan rings is 1. The van der Waals surface area contributed by atoms with Crippen LogP contribution in [0.25, 0.3) is 0 Å². The number of benzene rings is 1. The topological polar surface area (TPSA) is 83.7 Å². The first-order valence-corrected chi connectivity index (χ1v) is 6.58. The zero-order chi connectivity index (χ0) is 15.1. The van der Waals surface area contributed by atoms with E-state index in [1.54, 1.807) is 31.4 Å². The quantitative estimate of drug-likeness (QED) is 0.763. The van der Waals surface area contributed by atoms with Gasteiger partial charge in [0.1, 0.15) is 5.75 Å². The average molecular weight is 290 g/mol. The third-order valence-electron chi connectivity index (χ3n) is 2.99. The Balaban J connectivity index is 1.77. The molecule has 3 N–H and O–H groups in total. The Morgan fingerprint density at radius 2 is 2.19 bits per heavy atom. The highest BCUT2D eigenvalue weighted by Gasteiger charge is 2.10. The van der Waals surface area contributed by atoms with Crippen molar-refractivity contribution in [2.24, 2.45) is 0 Å². The lowest BCUT2D eigenvalue weighted by Crippen LogP contribution is -2.30. The van der Waals surface area contributed by atoms with Crippen molar-refractivity contribution >= 4 is 11.7 Å². The van der Waals surface area contributed by atoms with Crippen molar-refractivity contribution in [1.82, 2.24) is 5.32 Å². The first-order chi connectivity index (χ1) is 10.2. The number of rotatable bonds is 6. The minimum atomic E-state index is -0.657. The van der Waals surface area contributed by atoms with E-state index < -0.39 is 6.10 Å². The maximum atomic E-state index is 11.8. The molecular formula is C15H18N2O4. The van der Waals surface area contributed by atoms with Gasteiger partial charge >= 0.3 is 6.03 Å². The van der Waals surface area contributed by atoms with Crippen molar-refractivity contribution in [3.05, 3.63) is 48.4 Å². The Morgan fingerprint density at radius 1 is 1.38 bits per heavy atom. The van der Waals surface area contributed by atoms with E-state index in [2.05, 4.69) is 10.6 Å². The SMILES string of the molecule is COc1ccccc1NC(=O)NCCC(O)c1ccoc1. The fraction of sp³-hybridized carbons (Fsp3) is 0.267. The van der Waals surface area contributed by atoms with Crippen LogP contribution in [-0.4, -0.2) is 24.8 Å². The number of carbonyl (C=O) groups excluding carboxylic acids is 1. The number of anilines is 1. The van der Waals surface area contributed by atoms with E-state index in [9.17, 15) is 9.90 Å². The zero-order valence-electron chi connectivity index (χ0n) is 11.7. The van der Waals surface area contributed by atoms with Crippen molar-refractivity contribution in [2.75, 3.05) is 19.0 Å². The van der Waals surface area contributed by atoms with Crippen LogP contribution in [0.4, 0.5) is 10.5 Å². The summed E-state index contributed by atoms with van der Waals surface area (Å²) in [6, 6.07) is 8.49. The molecule has 0 aliphatic rings. The molecule has 0 fully saturated rings. The van der Waals surface area contributed by atoms with Crippen LogP contribution in [0.5, 0.6) is 5.75 Å². The number of amides is 2. The van der Waals surface area contributed by atoms with Gasteiger partial charge < -0.3 is 24.9 Å². The van der Waals surface area contributed by atoms with E-state index >= 15 is 0 Å². The number of methoxy groups -OCH3 is 1. The van der Waals surface area contributed by atoms with Crippen LogP contribution in [0.2, 0.25) is 0 Å². The molecule has 1 atom stereocenters. The molecule has 0 aliphatic carbocycles. The van der Waals surface area contributed by atoms with Gasteiger partial charge in [0.2, 0.25) is 0 Å². The lowest BCUT2D eigenvalue weighted by molar-refractivity contribution is 0.166. The van der Waals surface area contributed by atoms with Crippen molar-refractivity contribution in [3.63, 3.8) is 0 Å². The molecule has 0 spiro atoms. The maximum absolute atomic E-state index is 11.8. The molecule has 2 aromatic rings. The summed E-state index contributed by atoms with van der Waals surface area (Å²) in [5.74, 6) is 0.589. The lowest BCUT2D eigenvalue weighted by atomic mass is 10.1. The van der Waals surface area contributed by atoms with Gasteiger partial charge in [-0.3, -0.25) is 0 Å². The monoisotopic (exact) mass is 290 g/mol. The molecule has 6 nitrogen and oxygen atoms in total. The summed E-state index contributed by atoms with van der Waals surface area (Å²) in [6.07, 6.45) is 2.73. The third kappa shape index (κ3) is 4.25. The number of aliphatic hydroxyl groups excluding tert-OH is 1. The highest BCUT2D eigenvalue weighted by Crippen LogP contribution is 2.22. The van der Waals surface area contributed by atoms with Crippen molar-refractivity contribution < 1.29 is 19.1 Å². The van der Waals surface area contributed by atoms with Crippen LogP contribution in [-0.2, 0) is 0 Å². The molecule has 0 bridgehead atoms. The standard InChI is InChI=1S/C15H18N2O4/c1-20-14-5-3-2-4-12(14)17-15(19)16-8-6-13(18)11-7-9-21-10-11/h2-5,7,9-10,13,18H,6,8H2,1H3,(H2,16,17,19). The van der Waals surface area contributed by atoms with Crippen molar-refractivity contribution in [1.29, 1.82) is 0 Å². The summed E-state index contributed by atoms with van der Waals surface area (Å²) in [4.78, 5) is 11.8. The van der Waals surface area contributed by atoms with Crippen LogP contribution in [0, 0.1) is 0 Å². The van der Waals surface area contributed by atoms with E-state index in [0.29, 0.717) is 30.0 Å². The number of ether oxygens (including phenoxy) is 1. The van der Waals surface area contributed by atoms with E-state index in [0.717, 1.165) is 0 Å².